The Morgan fingerprint density at radius 1 is 1.11 bits per heavy atom. The number of unbranched alkanes of at least 4 members (excludes halogenated alkanes) is 1. The molecular formula is C16H21NO. The number of aryl methyl sites for hydroxylation is 1. The first kappa shape index (κ1) is 12.9. The third-order valence-electron chi connectivity index (χ3n) is 3.32. The van der Waals surface area contributed by atoms with Gasteiger partial charge in [0, 0.05) is 31.2 Å². The molecule has 0 saturated carbocycles. The molecule has 0 saturated heterocycles. The zero-order valence-electron chi connectivity index (χ0n) is 11.2. The third kappa shape index (κ3) is 3.02. The quantitative estimate of drug-likeness (QED) is 0.763. The van der Waals surface area contributed by atoms with Crippen LogP contribution in [0.25, 0.3) is 11.1 Å². The van der Waals surface area contributed by atoms with Crippen molar-refractivity contribution in [2.24, 2.45) is 0 Å². The number of H-pyrrole nitrogens is 1. The van der Waals surface area contributed by atoms with Crippen LogP contribution in [0, 0.1) is 6.92 Å². The number of nitrogens with one attached hydrogen (secondary N) is 1. The molecule has 0 fully saturated rings. The van der Waals surface area contributed by atoms with Gasteiger partial charge in [-0.15, -0.1) is 0 Å². The van der Waals surface area contributed by atoms with Gasteiger partial charge in [0.15, 0.2) is 0 Å². The van der Waals surface area contributed by atoms with Gasteiger partial charge in [-0.1, -0.05) is 30.3 Å². The molecule has 1 aromatic heterocycles. The first-order valence-corrected chi connectivity index (χ1v) is 6.54. The van der Waals surface area contributed by atoms with Crippen LogP contribution in [0.2, 0.25) is 0 Å². The Morgan fingerprint density at radius 2 is 1.89 bits per heavy atom. The summed E-state index contributed by atoms with van der Waals surface area (Å²) in [5.41, 5.74) is 5.36. The highest BCUT2D eigenvalue weighted by Crippen LogP contribution is 2.27. The van der Waals surface area contributed by atoms with Crippen molar-refractivity contribution in [3.05, 3.63) is 47.8 Å². The SMILES string of the molecule is COCCCCc1c(-c2ccccc2)c[nH]c1C. The number of methoxy groups -OCH3 is 1. The summed E-state index contributed by atoms with van der Waals surface area (Å²) >= 11 is 0. The van der Waals surface area contributed by atoms with E-state index in [4.69, 9.17) is 4.74 Å². The summed E-state index contributed by atoms with van der Waals surface area (Å²) in [6, 6.07) is 10.6. The maximum Gasteiger partial charge on any atom is 0.0462 e. The Kier molecular flexibility index (Phi) is 4.59. The Hall–Kier alpha value is -1.54. The monoisotopic (exact) mass is 243 g/mol. The fourth-order valence-electron chi connectivity index (χ4n) is 2.30. The largest absolute Gasteiger partial charge is 0.385 e. The lowest BCUT2D eigenvalue weighted by Gasteiger charge is -2.06. The van der Waals surface area contributed by atoms with Crippen molar-refractivity contribution in [1.82, 2.24) is 4.98 Å². The third-order valence-corrected chi connectivity index (χ3v) is 3.32. The minimum absolute atomic E-state index is 0.851. The maximum atomic E-state index is 5.10. The van der Waals surface area contributed by atoms with E-state index < -0.39 is 0 Å². The van der Waals surface area contributed by atoms with E-state index in [0.29, 0.717) is 0 Å². The number of aromatic nitrogens is 1. The molecule has 0 atom stereocenters. The van der Waals surface area contributed by atoms with Crippen molar-refractivity contribution in [1.29, 1.82) is 0 Å². The van der Waals surface area contributed by atoms with E-state index in [2.05, 4.69) is 48.4 Å². The predicted molar refractivity (Wildman–Crippen MR) is 75.8 cm³/mol. The summed E-state index contributed by atoms with van der Waals surface area (Å²) in [4.78, 5) is 3.35. The minimum atomic E-state index is 0.851. The Labute approximate surface area is 109 Å². The van der Waals surface area contributed by atoms with Crippen LogP contribution >= 0.6 is 0 Å². The summed E-state index contributed by atoms with van der Waals surface area (Å²) in [7, 11) is 1.76. The molecule has 0 aliphatic rings. The van der Waals surface area contributed by atoms with Crippen LogP contribution in [0.4, 0.5) is 0 Å². The molecule has 2 aromatic rings. The second-order valence-corrected chi connectivity index (χ2v) is 4.62. The highest BCUT2D eigenvalue weighted by molar-refractivity contribution is 5.68. The fraction of sp³-hybridized carbons (Fsp3) is 0.375. The number of benzene rings is 1. The summed E-state index contributed by atoms with van der Waals surface area (Å²) in [6.07, 6.45) is 5.53. The van der Waals surface area contributed by atoms with Crippen molar-refractivity contribution in [3.63, 3.8) is 0 Å². The smallest absolute Gasteiger partial charge is 0.0462 e. The van der Waals surface area contributed by atoms with Crippen molar-refractivity contribution >= 4 is 0 Å². The normalized spacial score (nSPS) is 10.8. The molecule has 96 valence electrons. The molecule has 0 aliphatic carbocycles. The van der Waals surface area contributed by atoms with E-state index >= 15 is 0 Å². The van der Waals surface area contributed by atoms with Crippen LogP contribution in [0.15, 0.2) is 36.5 Å². The first-order chi connectivity index (χ1) is 8.83. The second-order valence-electron chi connectivity index (χ2n) is 4.62. The standard InChI is InChI=1S/C16H21NO/c1-13-15(10-6-7-11-18-2)16(12-17-13)14-8-4-3-5-9-14/h3-5,8-9,12,17H,6-7,10-11H2,1-2H3. The molecule has 0 spiro atoms. The highest BCUT2D eigenvalue weighted by Gasteiger charge is 2.09. The zero-order valence-corrected chi connectivity index (χ0v) is 11.2. The number of aromatic amines is 1. The first-order valence-electron chi connectivity index (χ1n) is 6.54. The lowest BCUT2D eigenvalue weighted by Crippen LogP contribution is -1.93. The number of ether oxygens (including phenoxy) is 1. The molecule has 2 heteroatoms. The topological polar surface area (TPSA) is 25.0 Å². The van der Waals surface area contributed by atoms with Crippen molar-refractivity contribution in [3.8, 4) is 11.1 Å². The average molecular weight is 243 g/mol. The summed E-state index contributed by atoms with van der Waals surface area (Å²) in [6.45, 7) is 3.00. The molecule has 1 heterocycles. The van der Waals surface area contributed by atoms with E-state index in [1.54, 1.807) is 7.11 Å². The molecule has 2 nitrogen and oxygen atoms in total. The van der Waals surface area contributed by atoms with E-state index in [-0.39, 0.29) is 0 Å². The van der Waals surface area contributed by atoms with Gasteiger partial charge in [0.25, 0.3) is 0 Å². The molecule has 1 aromatic carbocycles. The van der Waals surface area contributed by atoms with Gasteiger partial charge in [-0.25, -0.2) is 0 Å². The molecule has 18 heavy (non-hydrogen) atoms. The van der Waals surface area contributed by atoms with Crippen LogP contribution in [-0.2, 0) is 11.2 Å². The predicted octanol–water partition coefficient (Wildman–Crippen LogP) is 3.96. The van der Waals surface area contributed by atoms with Crippen molar-refractivity contribution in [2.45, 2.75) is 26.2 Å². The lowest BCUT2D eigenvalue weighted by molar-refractivity contribution is 0.193. The molecular weight excluding hydrogens is 222 g/mol. The summed E-state index contributed by atoms with van der Waals surface area (Å²) < 4.78 is 5.10. The molecule has 0 aliphatic heterocycles. The van der Waals surface area contributed by atoms with E-state index in [1.807, 2.05) is 0 Å². The van der Waals surface area contributed by atoms with Gasteiger partial charge < -0.3 is 9.72 Å². The number of rotatable bonds is 6. The van der Waals surface area contributed by atoms with E-state index in [0.717, 1.165) is 19.4 Å². The van der Waals surface area contributed by atoms with Gasteiger partial charge in [-0.05, 0) is 37.3 Å². The molecule has 0 amide bonds. The highest BCUT2D eigenvalue weighted by atomic mass is 16.5. The van der Waals surface area contributed by atoms with Gasteiger partial charge >= 0.3 is 0 Å². The number of hydrogen-bond donors (Lipinski definition) is 1. The maximum absolute atomic E-state index is 5.10. The zero-order chi connectivity index (χ0) is 12.8. The van der Waals surface area contributed by atoms with Gasteiger partial charge in [-0.3, -0.25) is 0 Å². The Morgan fingerprint density at radius 3 is 2.61 bits per heavy atom. The molecule has 0 unspecified atom stereocenters. The summed E-state index contributed by atoms with van der Waals surface area (Å²) in [5.74, 6) is 0. The van der Waals surface area contributed by atoms with E-state index in [9.17, 15) is 0 Å². The van der Waals surface area contributed by atoms with Crippen LogP contribution in [0.5, 0.6) is 0 Å². The van der Waals surface area contributed by atoms with Gasteiger partial charge in [0.2, 0.25) is 0 Å². The van der Waals surface area contributed by atoms with Crippen LogP contribution in [-0.4, -0.2) is 18.7 Å². The number of hydrogen-bond acceptors (Lipinski definition) is 1. The van der Waals surface area contributed by atoms with Gasteiger partial charge in [-0.2, -0.15) is 0 Å². The Balaban J connectivity index is 2.12. The minimum Gasteiger partial charge on any atom is -0.385 e. The molecule has 0 radical (unpaired) electrons. The van der Waals surface area contributed by atoms with Gasteiger partial charge in [0.05, 0.1) is 0 Å². The lowest BCUT2D eigenvalue weighted by atomic mass is 9.99. The Bertz CT molecular complexity index is 473. The van der Waals surface area contributed by atoms with E-state index in [1.165, 1.54) is 28.8 Å². The second kappa shape index (κ2) is 6.41. The van der Waals surface area contributed by atoms with Crippen LogP contribution < -0.4 is 0 Å². The van der Waals surface area contributed by atoms with Crippen molar-refractivity contribution < 1.29 is 4.74 Å². The molecule has 2 rings (SSSR count). The fourth-order valence-corrected chi connectivity index (χ4v) is 2.30. The van der Waals surface area contributed by atoms with Crippen LogP contribution in [0.3, 0.4) is 0 Å². The van der Waals surface area contributed by atoms with Crippen molar-refractivity contribution in [2.75, 3.05) is 13.7 Å². The average Bonchev–Trinajstić information content (AvgIpc) is 2.77. The molecule has 0 bridgehead atoms. The van der Waals surface area contributed by atoms with Crippen LogP contribution in [0.1, 0.15) is 24.1 Å². The molecule has 1 N–H and O–H groups in total. The summed E-state index contributed by atoms with van der Waals surface area (Å²) in [5, 5.41) is 0. The van der Waals surface area contributed by atoms with Gasteiger partial charge in [0.1, 0.15) is 0 Å².